The Balaban J connectivity index is 1.36. The summed E-state index contributed by atoms with van der Waals surface area (Å²) in [6.07, 6.45) is 3.35. The Hall–Kier alpha value is -3.03. The average Bonchev–Trinajstić information content (AvgIpc) is 3.21. The van der Waals surface area contributed by atoms with Crippen molar-refractivity contribution in [2.24, 2.45) is 4.99 Å². The topological polar surface area (TPSA) is 71.0 Å². The van der Waals surface area contributed by atoms with Crippen LogP contribution in [0.4, 0.5) is 10.2 Å². The molecule has 0 radical (unpaired) electrons. The minimum absolute atomic E-state index is 0.193. The molecule has 1 aliphatic heterocycles. The first-order valence-electron chi connectivity index (χ1n) is 9.79. The minimum Gasteiger partial charge on any atom is -0.497 e. The first-order chi connectivity index (χ1) is 14.2. The Morgan fingerprint density at radius 1 is 1.28 bits per heavy atom. The van der Waals surface area contributed by atoms with E-state index in [4.69, 9.17) is 9.47 Å². The van der Waals surface area contributed by atoms with Gasteiger partial charge in [-0.2, -0.15) is 0 Å². The number of benzene rings is 1. The largest absolute Gasteiger partial charge is 0.497 e. The van der Waals surface area contributed by atoms with Gasteiger partial charge >= 0.3 is 0 Å². The molecule has 2 aromatic rings. The van der Waals surface area contributed by atoms with Crippen molar-refractivity contribution in [3.63, 3.8) is 0 Å². The number of anilines is 1. The van der Waals surface area contributed by atoms with Crippen molar-refractivity contribution in [3.05, 3.63) is 48.4 Å². The van der Waals surface area contributed by atoms with Gasteiger partial charge in [0.2, 0.25) is 0 Å². The summed E-state index contributed by atoms with van der Waals surface area (Å²) in [5, 5.41) is 6.70. The second kappa shape index (κ2) is 10.5. The lowest BCUT2D eigenvalue weighted by Gasteiger charge is -2.20. The van der Waals surface area contributed by atoms with Crippen LogP contribution in [0.2, 0.25) is 0 Å². The molecule has 8 heteroatoms. The summed E-state index contributed by atoms with van der Waals surface area (Å²) in [5.74, 6) is 2.50. The van der Waals surface area contributed by atoms with Gasteiger partial charge in [-0.3, -0.25) is 4.99 Å². The molecular weight excluding hydrogens is 373 g/mol. The number of pyridine rings is 1. The summed E-state index contributed by atoms with van der Waals surface area (Å²) < 4.78 is 24.8. The van der Waals surface area contributed by atoms with Crippen molar-refractivity contribution in [1.29, 1.82) is 0 Å². The number of halogens is 1. The van der Waals surface area contributed by atoms with Gasteiger partial charge in [0, 0.05) is 38.9 Å². The summed E-state index contributed by atoms with van der Waals surface area (Å²) >= 11 is 0. The summed E-state index contributed by atoms with van der Waals surface area (Å²) in [4.78, 5) is 10.4. The number of aliphatic imine (C=N–C) groups is 1. The highest BCUT2D eigenvalue weighted by Gasteiger charge is 2.25. The Bertz CT molecular complexity index is 800. The van der Waals surface area contributed by atoms with Crippen LogP contribution in [0, 0.1) is 5.82 Å². The van der Waals surface area contributed by atoms with Crippen molar-refractivity contribution in [2.75, 3.05) is 45.3 Å². The second-order valence-electron chi connectivity index (χ2n) is 6.76. The predicted octanol–water partition coefficient (Wildman–Crippen LogP) is 2.44. The molecule has 1 saturated heterocycles. The molecule has 2 heterocycles. The van der Waals surface area contributed by atoms with Crippen molar-refractivity contribution in [3.8, 4) is 11.5 Å². The van der Waals surface area contributed by atoms with Crippen molar-refractivity contribution in [1.82, 2.24) is 15.6 Å². The summed E-state index contributed by atoms with van der Waals surface area (Å²) in [5.41, 5.74) is 0. The fraction of sp³-hybridized carbons (Fsp3) is 0.429. The molecule has 1 atom stereocenters. The van der Waals surface area contributed by atoms with Gasteiger partial charge < -0.3 is 25.0 Å². The van der Waals surface area contributed by atoms with Crippen LogP contribution >= 0.6 is 0 Å². The van der Waals surface area contributed by atoms with Gasteiger partial charge in [0.1, 0.15) is 11.5 Å². The molecule has 0 aliphatic carbocycles. The number of guanidine groups is 1. The summed E-state index contributed by atoms with van der Waals surface area (Å²) in [6, 6.07) is 10.8. The zero-order valence-electron chi connectivity index (χ0n) is 16.9. The fourth-order valence-corrected chi connectivity index (χ4v) is 3.21. The van der Waals surface area contributed by atoms with Crippen LogP contribution in [0.3, 0.4) is 0 Å². The number of aromatic nitrogens is 1. The van der Waals surface area contributed by atoms with Crippen LogP contribution in [-0.2, 0) is 0 Å². The molecule has 7 nitrogen and oxygen atoms in total. The number of methoxy groups -OCH3 is 1. The molecule has 3 rings (SSSR count). The van der Waals surface area contributed by atoms with Crippen molar-refractivity contribution >= 4 is 11.8 Å². The number of nitrogens with zero attached hydrogens (tertiary/aromatic N) is 3. The van der Waals surface area contributed by atoms with E-state index in [0.29, 0.717) is 19.0 Å². The number of hydrogen-bond donors (Lipinski definition) is 2. The molecule has 0 spiro atoms. The lowest BCUT2D eigenvalue weighted by atomic mass is 10.3. The Kier molecular flexibility index (Phi) is 7.49. The smallest absolute Gasteiger partial charge is 0.191 e. The van der Waals surface area contributed by atoms with Crippen LogP contribution in [0.15, 0.2) is 47.6 Å². The molecule has 1 aromatic carbocycles. The van der Waals surface area contributed by atoms with E-state index in [0.717, 1.165) is 43.4 Å². The van der Waals surface area contributed by atoms with Gasteiger partial charge in [0.05, 0.1) is 13.7 Å². The molecule has 0 amide bonds. The highest BCUT2D eigenvalue weighted by atomic mass is 19.1. The molecule has 1 unspecified atom stereocenters. The van der Waals surface area contributed by atoms with E-state index in [2.05, 4.69) is 20.6 Å². The average molecular weight is 401 g/mol. The van der Waals surface area contributed by atoms with Crippen LogP contribution in [-0.4, -0.2) is 57.4 Å². The maximum Gasteiger partial charge on any atom is 0.191 e. The number of rotatable bonds is 8. The lowest BCUT2D eigenvalue weighted by Crippen LogP contribution is -2.45. The zero-order chi connectivity index (χ0) is 20.5. The van der Waals surface area contributed by atoms with E-state index in [-0.39, 0.29) is 11.9 Å². The Morgan fingerprint density at radius 2 is 2.07 bits per heavy atom. The third-order valence-electron chi connectivity index (χ3n) is 4.73. The van der Waals surface area contributed by atoms with Crippen LogP contribution in [0.5, 0.6) is 11.5 Å². The Labute approximate surface area is 170 Å². The van der Waals surface area contributed by atoms with Crippen molar-refractivity contribution in [2.45, 2.75) is 18.9 Å². The number of hydrogen-bond acceptors (Lipinski definition) is 5. The molecule has 2 N–H and O–H groups in total. The number of nitrogens with one attached hydrogen (secondary N) is 2. The van der Waals surface area contributed by atoms with Gasteiger partial charge in [-0.05, 0) is 49.2 Å². The molecule has 156 valence electrons. The summed E-state index contributed by atoms with van der Waals surface area (Å²) in [7, 11) is 3.39. The highest BCUT2D eigenvalue weighted by molar-refractivity contribution is 5.80. The van der Waals surface area contributed by atoms with E-state index < -0.39 is 0 Å². The third-order valence-corrected chi connectivity index (χ3v) is 4.73. The van der Waals surface area contributed by atoms with E-state index in [1.54, 1.807) is 26.4 Å². The molecule has 0 bridgehead atoms. The first kappa shape index (κ1) is 20.7. The van der Waals surface area contributed by atoms with Crippen molar-refractivity contribution < 1.29 is 13.9 Å². The second-order valence-corrected chi connectivity index (χ2v) is 6.76. The molecule has 1 fully saturated rings. The molecule has 1 aromatic heterocycles. The van der Waals surface area contributed by atoms with Crippen LogP contribution in [0.25, 0.3) is 0 Å². The fourth-order valence-electron chi connectivity index (χ4n) is 3.21. The lowest BCUT2D eigenvalue weighted by molar-refractivity contribution is 0.310. The van der Waals surface area contributed by atoms with Gasteiger partial charge in [-0.1, -0.05) is 0 Å². The molecular formula is C21H28FN5O2. The predicted molar refractivity (Wildman–Crippen MR) is 112 cm³/mol. The van der Waals surface area contributed by atoms with E-state index in [9.17, 15) is 4.39 Å². The summed E-state index contributed by atoms with van der Waals surface area (Å²) in [6.45, 7) is 2.79. The quantitative estimate of drug-likeness (QED) is 0.402. The van der Waals surface area contributed by atoms with Gasteiger partial charge in [-0.25, -0.2) is 9.37 Å². The van der Waals surface area contributed by atoms with E-state index in [1.165, 1.54) is 6.07 Å². The molecule has 0 saturated carbocycles. The minimum atomic E-state index is -0.285. The maximum absolute atomic E-state index is 13.9. The first-order valence-corrected chi connectivity index (χ1v) is 9.79. The van der Waals surface area contributed by atoms with Gasteiger partial charge in [-0.15, -0.1) is 0 Å². The number of ether oxygens (including phenoxy) is 2. The van der Waals surface area contributed by atoms with Crippen LogP contribution in [0.1, 0.15) is 12.8 Å². The normalized spacial score (nSPS) is 16.6. The SMILES string of the molecule is CN=C(NCCCOc1ccc(OC)cc1)NC1CCN(c2ncccc2F)C1. The van der Waals surface area contributed by atoms with Gasteiger partial charge in [0.25, 0.3) is 0 Å². The third kappa shape index (κ3) is 5.97. The zero-order valence-corrected chi connectivity index (χ0v) is 16.9. The van der Waals surface area contributed by atoms with Gasteiger partial charge in [0.15, 0.2) is 17.6 Å². The van der Waals surface area contributed by atoms with Crippen LogP contribution < -0.4 is 25.0 Å². The standard InChI is InChI=1S/C21H28FN5O2/c1-23-21(25-12-4-14-29-18-8-6-17(28-2)7-9-18)26-16-10-13-27(15-16)20-19(22)5-3-11-24-20/h3,5-9,11,16H,4,10,12-15H2,1-2H3,(H2,23,25,26). The maximum atomic E-state index is 13.9. The van der Waals surface area contributed by atoms with E-state index >= 15 is 0 Å². The molecule has 29 heavy (non-hydrogen) atoms. The monoisotopic (exact) mass is 401 g/mol. The van der Waals surface area contributed by atoms with E-state index in [1.807, 2.05) is 29.2 Å². The molecule has 1 aliphatic rings. The Morgan fingerprint density at radius 3 is 2.79 bits per heavy atom. The highest BCUT2D eigenvalue weighted by Crippen LogP contribution is 2.20.